The second-order valence-corrected chi connectivity index (χ2v) is 3.94. The van der Waals surface area contributed by atoms with Gasteiger partial charge in [0.1, 0.15) is 5.82 Å². The third-order valence-corrected chi connectivity index (χ3v) is 2.48. The fourth-order valence-corrected chi connectivity index (χ4v) is 1.44. The third kappa shape index (κ3) is 2.71. The van der Waals surface area contributed by atoms with E-state index in [-0.39, 0.29) is 18.7 Å². The second kappa shape index (κ2) is 4.95. The molecule has 1 amide bonds. The van der Waals surface area contributed by atoms with Crippen LogP contribution in [-0.4, -0.2) is 16.0 Å². The molecule has 0 unspecified atom stereocenters. The van der Waals surface area contributed by atoms with E-state index in [0.717, 1.165) is 0 Å². The largest absolute Gasteiger partial charge is 0.370 e. The highest BCUT2D eigenvalue weighted by Crippen LogP contribution is 2.19. The molecule has 0 saturated heterocycles. The molecule has 0 saturated carbocycles. The summed E-state index contributed by atoms with van der Waals surface area (Å²) in [5, 5.41) is 3.73. The topological polar surface area (TPSA) is 82.0 Å². The van der Waals surface area contributed by atoms with E-state index in [1.54, 1.807) is 19.1 Å². The number of nitrogens with zero attached hydrogens (tertiary/aromatic N) is 2. The van der Waals surface area contributed by atoms with Gasteiger partial charge in [-0.2, -0.15) is 4.98 Å². The average molecular weight is 249 g/mol. The van der Waals surface area contributed by atoms with E-state index in [1.807, 2.05) is 0 Å². The number of aryl methyl sites for hydroxylation is 2. The summed E-state index contributed by atoms with van der Waals surface area (Å²) in [6.07, 6.45) is 0.431. The first-order valence-electron chi connectivity index (χ1n) is 5.43. The summed E-state index contributed by atoms with van der Waals surface area (Å²) < 4.78 is 18.3. The standard InChI is InChI=1S/C12H12FN3O2/c1-7-2-3-8(6-9(7)13)12-15-11(18-16-12)5-4-10(14)17/h2-3,6H,4-5H2,1H3,(H2,14,17). The number of hydrogen-bond donors (Lipinski definition) is 1. The Morgan fingerprint density at radius 3 is 2.94 bits per heavy atom. The van der Waals surface area contributed by atoms with E-state index in [2.05, 4.69) is 10.1 Å². The summed E-state index contributed by atoms with van der Waals surface area (Å²) in [7, 11) is 0. The zero-order valence-corrected chi connectivity index (χ0v) is 9.81. The van der Waals surface area contributed by atoms with Crippen LogP contribution in [0.3, 0.4) is 0 Å². The first-order valence-corrected chi connectivity index (χ1v) is 5.43. The molecule has 0 aliphatic rings. The van der Waals surface area contributed by atoms with Gasteiger partial charge in [0.05, 0.1) is 0 Å². The molecule has 0 radical (unpaired) electrons. The van der Waals surface area contributed by atoms with Gasteiger partial charge in [-0.05, 0) is 18.6 Å². The molecule has 2 aromatic rings. The number of carbonyl (C=O) groups excluding carboxylic acids is 1. The van der Waals surface area contributed by atoms with Crippen LogP contribution in [0, 0.1) is 12.7 Å². The van der Waals surface area contributed by atoms with Gasteiger partial charge < -0.3 is 10.3 Å². The fraction of sp³-hybridized carbons (Fsp3) is 0.250. The lowest BCUT2D eigenvalue weighted by atomic mass is 10.1. The van der Waals surface area contributed by atoms with Crippen molar-refractivity contribution in [3.63, 3.8) is 0 Å². The number of aromatic nitrogens is 2. The molecule has 0 aliphatic carbocycles. The van der Waals surface area contributed by atoms with Crippen molar-refractivity contribution >= 4 is 5.91 Å². The highest BCUT2D eigenvalue weighted by molar-refractivity contribution is 5.73. The molecule has 5 nitrogen and oxygen atoms in total. The Kier molecular flexibility index (Phi) is 3.36. The first kappa shape index (κ1) is 12.2. The Balaban J connectivity index is 2.18. The molecule has 18 heavy (non-hydrogen) atoms. The van der Waals surface area contributed by atoms with Gasteiger partial charge in [0.25, 0.3) is 0 Å². The lowest BCUT2D eigenvalue weighted by Gasteiger charge is -1.97. The molecule has 0 atom stereocenters. The first-order chi connectivity index (χ1) is 8.56. The van der Waals surface area contributed by atoms with Gasteiger partial charge in [0.15, 0.2) is 0 Å². The maximum atomic E-state index is 13.4. The maximum absolute atomic E-state index is 13.4. The Morgan fingerprint density at radius 2 is 2.28 bits per heavy atom. The molecule has 2 N–H and O–H groups in total. The summed E-state index contributed by atoms with van der Waals surface area (Å²) in [4.78, 5) is 14.7. The SMILES string of the molecule is Cc1ccc(-c2noc(CCC(N)=O)n2)cc1F. The van der Waals surface area contributed by atoms with Crippen molar-refractivity contribution in [2.24, 2.45) is 5.73 Å². The van der Waals surface area contributed by atoms with Crippen LogP contribution in [0.15, 0.2) is 22.7 Å². The maximum Gasteiger partial charge on any atom is 0.227 e. The van der Waals surface area contributed by atoms with Crippen LogP contribution in [-0.2, 0) is 11.2 Å². The summed E-state index contributed by atoms with van der Waals surface area (Å²) in [5.41, 5.74) is 6.10. The van der Waals surface area contributed by atoms with Crippen molar-refractivity contribution in [3.05, 3.63) is 35.5 Å². The quantitative estimate of drug-likeness (QED) is 0.892. The Labute approximate surface area is 103 Å². The number of primary amides is 1. The van der Waals surface area contributed by atoms with Crippen LogP contribution in [0.25, 0.3) is 11.4 Å². The molecule has 1 heterocycles. The number of amides is 1. The van der Waals surface area contributed by atoms with E-state index < -0.39 is 5.91 Å². The van der Waals surface area contributed by atoms with Gasteiger partial charge in [0.2, 0.25) is 17.6 Å². The van der Waals surface area contributed by atoms with Crippen molar-refractivity contribution in [2.75, 3.05) is 0 Å². The van der Waals surface area contributed by atoms with E-state index >= 15 is 0 Å². The monoisotopic (exact) mass is 249 g/mol. The second-order valence-electron chi connectivity index (χ2n) is 3.94. The van der Waals surface area contributed by atoms with Crippen LogP contribution < -0.4 is 5.73 Å². The molecule has 6 heteroatoms. The third-order valence-electron chi connectivity index (χ3n) is 2.48. The number of nitrogens with two attached hydrogens (primary N) is 1. The molecule has 1 aromatic heterocycles. The summed E-state index contributed by atoms with van der Waals surface area (Å²) in [6.45, 7) is 1.67. The van der Waals surface area contributed by atoms with Crippen LogP contribution in [0.2, 0.25) is 0 Å². The Hall–Kier alpha value is -2.24. The molecule has 0 bridgehead atoms. The minimum Gasteiger partial charge on any atom is -0.370 e. The van der Waals surface area contributed by atoms with Gasteiger partial charge in [-0.1, -0.05) is 17.3 Å². The van der Waals surface area contributed by atoms with Crippen LogP contribution >= 0.6 is 0 Å². The number of benzene rings is 1. The number of rotatable bonds is 4. The Bertz CT molecular complexity index is 580. The molecule has 2 rings (SSSR count). The lowest BCUT2D eigenvalue weighted by molar-refractivity contribution is -0.118. The molecule has 0 fully saturated rings. The van der Waals surface area contributed by atoms with Crippen molar-refractivity contribution < 1.29 is 13.7 Å². The predicted molar refractivity (Wildman–Crippen MR) is 61.9 cm³/mol. The van der Waals surface area contributed by atoms with Crippen molar-refractivity contribution in [1.82, 2.24) is 10.1 Å². The molecular formula is C12H12FN3O2. The van der Waals surface area contributed by atoms with Crippen molar-refractivity contribution in [2.45, 2.75) is 19.8 Å². The normalized spacial score (nSPS) is 10.6. The van der Waals surface area contributed by atoms with E-state index in [0.29, 0.717) is 22.8 Å². The number of hydrogen-bond acceptors (Lipinski definition) is 4. The van der Waals surface area contributed by atoms with E-state index in [4.69, 9.17) is 10.3 Å². The summed E-state index contributed by atoms with van der Waals surface area (Å²) >= 11 is 0. The highest BCUT2D eigenvalue weighted by Gasteiger charge is 2.10. The molecular weight excluding hydrogens is 237 g/mol. The average Bonchev–Trinajstić information content (AvgIpc) is 2.79. The van der Waals surface area contributed by atoms with Gasteiger partial charge in [-0.15, -0.1) is 0 Å². The Morgan fingerprint density at radius 1 is 1.50 bits per heavy atom. The van der Waals surface area contributed by atoms with Gasteiger partial charge in [0, 0.05) is 18.4 Å². The predicted octanol–water partition coefficient (Wildman–Crippen LogP) is 1.60. The van der Waals surface area contributed by atoms with E-state index in [1.165, 1.54) is 6.07 Å². The van der Waals surface area contributed by atoms with Crippen LogP contribution in [0.5, 0.6) is 0 Å². The van der Waals surface area contributed by atoms with Crippen LogP contribution in [0.1, 0.15) is 17.9 Å². The molecule has 1 aromatic carbocycles. The number of halogens is 1. The van der Waals surface area contributed by atoms with Crippen molar-refractivity contribution in [3.8, 4) is 11.4 Å². The molecule has 0 aliphatic heterocycles. The van der Waals surface area contributed by atoms with Gasteiger partial charge >= 0.3 is 0 Å². The van der Waals surface area contributed by atoms with E-state index in [9.17, 15) is 9.18 Å². The zero-order chi connectivity index (χ0) is 13.1. The number of carbonyl (C=O) groups is 1. The zero-order valence-electron chi connectivity index (χ0n) is 9.81. The lowest BCUT2D eigenvalue weighted by Crippen LogP contribution is -2.11. The van der Waals surface area contributed by atoms with Gasteiger partial charge in [-0.3, -0.25) is 4.79 Å². The van der Waals surface area contributed by atoms with Crippen LogP contribution in [0.4, 0.5) is 4.39 Å². The minimum atomic E-state index is -0.434. The smallest absolute Gasteiger partial charge is 0.227 e. The fourth-order valence-electron chi connectivity index (χ4n) is 1.44. The van der Waals surface area contributed by atoms with Gasteiger partial charge in [-0.25, -0.2) is 4.39 Å². The molecule has 0 spiro atoms. The minimum absolute atomic E-state index is 0.143. The summed E-state index contributed by atoms with van der Waals surface area (Å²) in [6, 6.07) is 4.70. The molecule has 94 valence electrons. The summed E-state index contributed by atoms with van der Waals surface area (Å²) in [5.74, 6) is -0.148. The van der Waals surface area contributed by atoms with Crippen molar-refractivity contribution in [1.29, 1.82) is 0 Å². The highest BCUT2D eigenvalue weighted by atomic mass is 19.1.